The SMILES string of the molecule is NCCCc1cc(Br)c(F)c(F)c1F. The van der Waals surface area contributed by atoms with Gasteiger partial charge in [0.15, 0.2) is 17.5 Å². The van der Waals surface area contributed by atoms with Gasteiger partial charge in [-0.2, -0.15) is 0 Å². The van der Waals surface area contributed by atoms with Gasteiger partial charge in [-0.05, 0) is 46.9 Å². The molecule has 0 heterocycles. The Hall–Kier alpha value is -0.550. The molecule has 0 bridgehead atoms. The van der Waals surface area contributed by atoms with Gasteiger partial charge in [0.2, 0.25) is 0 Å². The van der Waals surface area contributed by atoms with Crippen LogP contribution in [0.1, 0.15) is 12.0 Å². The zero-order valence-corrected chi connectivity index (χ0v) is 8.87. The van der Waals surface area contributed by atoms with Crippen molar-refractivity contribution in [1.82, 2.24) is 0 Å². The van der Waals surface area contributed by atoms with Gasteiger partial charge >= 0.3 is 0 Å². The van der Waals surface area contributed by atoms with Crippen molar-refractivity contribution >= 4 is 15.9 Å². The first-order valence-electron chi connectivity index (χ1n) is 4.10. The van der Waals surface area contributed by atoms with Gasteiger partial charge in [-0.15, -0.1) is 0 Å². The Morgan fingerprint density at radius 2 is 1.79 bits per heavy atom. The smallest absolute Gasteiger partial charge is 0.195 e. The van der Waals surface area contributed by atoms with Crippen molar-refractivity contribution in [3.05, 3.63) is 33.6 Å². The Balaban J connectivity index is 3.06. The highest BCUT2D eigenvalue weighted by Crippen LogP contribution is 2.24. The van der Waals surface area contributed by atoms with Gasteiger partial charge in [-0.3, -0.25) is 0 Å². The molecule has 0 fully saturated rings. The molecule has 0 spiro atoms. The van der Waals surface area contributed by atoms with E-state index in [4.69, 9.17) is 5.73 Å². The maximum Gasteiger partial charge on any atom is 0.195 e. The first-order chi connectivity index (χ1) is 6.57. The summed E-state index contributed by atoms with van der Waals surface area (Å²) in [5.41, 5.74) is 5.37. The van der Waals surface area contributed by atoms with E-state index in [1.165, 1.54) is 6.07 Å². The van der Waals surface area contributed by atoms with E-state index in [1.807, 2.05) is 0 Å². The van der Waals surface area contributed by atoms with E-state index in [0.717, 1.165) is 0 Å². The number of benzene rings is 1. The molecule has 0 aliphatic carbocycles. The molecule has 0 atom stereocenters. The topological polar surface area (TPSA) is 26.0 Å². The third-order valence-corrected chi connectivity index (χ3v) is 2.41. The maximum absolute atomic E-state index is 13.1. The van der Waals surface area contributed by atoms with Crippen LogP contribution >= 0.6 is 15.9 Å². The molecule has 5 heteroatoms. The van der Waals surface area contributed by atoms with E-state index >= 15 is 0 Å². The van der Waals surface area contributed by atoms with Crippen LogP contribution in [0.15, 0.2) is 10.5 Å². The van der Waals surface area contributed by atoms with Gasteiger partial charge < -0.3 is 5.73 Å². The highest BCUT2D eigenvalue weighted by atomic mass is 79.9. The van der Waals surface area contributed by atoms with Gasteiger partial charge in [0.05, 0.1) is 4.47 Å². The van der Waals surface area contributed by atoms with Crippen molar-refractivity contribution in [3.8, 4) is 0 Å². The van der Waals surface area contributed by atoms with Gasteiger partial charge in [0.1, 0.15) is 0 Å². The average molecular weight is 268 g/mol. The summed E-state index contributed by atoms with van der Waals surface area (Å²) in [5, 5.41) is 0. The lowest BCUT2D eigenvalue weighted by molar-refractivity contribution is 0.437. The fourth-order valence-corrected chi connectivity index (χ4v) is 1.55. The van der Waals surface area contributed by atoms with E-state index < -0.39 is 17.5 Å². The van der Waals surface area contributed by atoms with E-state index in [-0.39, 0.29) is 10.0 Å². The summed E-state index contributed by atoms with van der Waals surface area (Å²) < 4.78 is 38.7. The number of hydrogen-bond acceptors (Lipinski definition) is 1. The molecule has 14 heavy (non-hydrogen) atoms. The molecule has 1 rings (SSSR count). The van der Waals surface area contributed by atoms with Crippen LogP contribution in [0, 0.1) is 17.5 Å². The van der Waals surface area contributed by atoms with Gasteiger partial charge in [0.25, 0.3) is 0 Å². The van der Waals surface area contributed by atoms with Crippen LogP contribution in [0.5, 0.6) is 0 Å². The molecule has 0 aliphatic rings. The van der Waals surface area contributed by atoms with Crippen LogP contribution in [-0.2, 0) is 6.42 Å². The zero-order valence-electron chi connectivity index (χ0n) is 7.29. The van der Waals surface area contributed by atoms with Gasteiger partial charge in [0, 0.05) is 0 Å². The Morgan fingerprint density at radius 1 is 1.14 bits per heavy atom. The fraction of sp³-hybridized carbons (Fsp3) is 0.333. The summed E-state index contributed by atoms with van der Waals surface area (Å²) in [6.45, 7) is 0.385. The van der Waals surface area contributed by atoms with Crippen LogP contribution in [0.2, 0.25) is 0 Å². The van der Waals surface area contributed by atoms with Crippen molar-refractivity contribution in [3.63, 3.8) is 0 Å². The normalized spacial score (nSPS) is 10.6. The molecule has 1 aromatic carbocycles. The summed E-state index contributed by atoms with van der Waals surface area (Å²) in [6, 6.07) is 1.24. The molecule has 1 nitrogen and oxygen atoms in total. The zero-order chi connectivity index (χ0) is 10.7. The second-order valence-corrected chi connectivity index (χ2v) is 3.71. The first kappa shape index (κ1) is 11.5. The van der Waals surface area contributed by atoms with Crippen molar-refractivity contribution in [2.75, 3.05) is 6.54 Å². The van der Waals surface area contributed by atoms with Crippen molar-refractivity contribution in [2.45, 2.75) is 12.8 Å². The minimum absolute atomic E-state index is 0.0663. The quantitative estimate of drug-likeness (QED) is 0.662. The molecule has 0 radical (unpaired) electrons. The summed E-state index contributed by atoms with van der Waals surface area (Å²) in [5.74, 6) is -3.76. The van der Waals surface area contributed by atoms with Gasteiger partial charge in [-0.25, -0.2) is 13.2 Å². The molecular weight excluding hydrogens is 259 g/mol. The highest BCUT2D eigenvalue weighted by molar-refractivity contribution is 9.10. The lowest BCUT2D eigenvalue weighted by atomic mass is 10.1. The minimum Gasteiger partial charge on any atom is -0.330 e. The van der Waals surface area contributed by atoms with Crippen LogP contribution < -0.4 is 5.73 Å². The largest absolute Gasteiger partial charge is 0.330 e. The predicted molar refractivity (Wildman–Crippen MR) is 51.4 cm³/mol. The van der Waals surface area contributed by atoms with E-state index in [2.05, 4.69) is 15.9 Å². The number of halogens is 4. The third-order valence-electron chi connectivity index (χ3n) is 1.83. The number of aryl methyl sites for hydroxylation is 1. The highest BCUT2D eigenvalue weighted by Gasteiger charge is 2.16. The monoisotopic (exact) mass is 267 g/mol. The lowest BCUT2D eigenvalue weighted by Gasteiger charge is -2.05. The summed E-state index contributed by atoms with van der Waals surface area (Å²) in [7, 11) is 0. The predicted octanol–water partition coefficient (Wildman–Crippen LogP) is 2.76. The van der Waals surface area contributed by atoms with Crippen molar-refractivity contribution in [1.29, 1.82) is 0 Å². The molecule has 0 saturated carbocycles. The van der Waals surface area contributed by atoms with Crippen molar-refractivity contribution in [2.24, 2.45) is 5.73 Å². The summed E-state index contributed by atoms with van der Waals surface area (Å²) in [4.78, 5) is 0. The average Bonchev–Trinajstić information content (AvgIpc) is 2.18. The maximum atomic E-state index is 13.1. The minimum atomic E-state index is -1.44. The Morgan fingerprint density at radius 3 is 2.36 bits per heavy atom. The molecule has 0 amide bonds. The third kappa shape index (κ3) is 2.27. The fourth-order valence-electron chi connectivity index (χ4n) is 1.10. The summed E-state index contributed by atoms with van der Waals surface area (Å²) >= 11 is 2.81. The van der Waals surface area contributed by atoms with E-state index in [9.17, 15) is 13.2 Å². The summed E-state index contributed by atoms with van der Waals surface area (Å²) in [6.07, 6.45) is 0.840. The lowest BCUT2D eigenvalue weighted by Crippen LogP contribution is -2.04. The number of hydrogen-bond donors (Lipinski definition) is 1. The molecule has 0 aromatic heterocycles. The number of nitrogens with two attached hydrogens (primary N) is 1. The van der Waals surface area contributed by atoms with Gasteiger partial charge in [-0.1, -0.05) is 0 Å². The van der Waals surface area contributed by atoms with Crippen molar-refractivity contribution < 1.29 is 13.2 Å². The molecular formula is C9H9BrF3N. The first-order valence-corrected chi connectivity index (χ1v) is 4.89. The molecule has 78 valence electrons. The Labute approximate surface area is 88.2 Å². The second-order valence-electron chi connectivity index (χ2n) is 2.85. The Kier molecular flexibility index (Phi) is 3.95. The van der Waals surface area contributed by atoms with Crippen LogP contribution in [0.3, 0.4) is 0 Å². The molecule has 2 N–H and O–H groups in total. The van der Waals surface area contributed by atoms with E-state index in [0.29, 0.717) is 19.4 Å². The van der Waals surface area contributed by atoms with Crippen LogP contribution in [-0.4, -0.2) is 6.54 Å². The Bertz CT molecular complexity index is 341. The van der Waals surface area contributed by atoms with Crippen LogP contribution in [0.25, 0.3) is 0 Å². The van der Waals surface area contributed by atoms with Crippen LogP contribution in [0.4, 0.5) is 13.2 Å². The molecule has 1 aromatic rings. The number of rotatable bonds is 3. The standard InChI is InChI=1S/C9H9BrF3N/c10-6-4-5(2-1-3-14)7(11)9(13)8(6)12/h4H,1-3,14H2. The second kappa shape index (κ2) is 4.79. The molecule has 0 saturated heterocycles. The molecule has 0 unspecified atom stereocenters. The van der Waals surface area contributed by atoms with E-state index in [1.54, 1.807) is 0 Å². The molecule has 0 aliphatic heterocycles.